The van der Waals surface area contributed by atoms with E-state index in [4.69, 9.17) is 19.9 Å². The van der Waals surface area contributed by atoms with Gasteiger partial charge in [-0.05, 0) is 37.9 Å². The smallest absolute Gasteiger partial charge is 0.257 e. The van der Waals surface area contributed by atoms with E-state index in [-0.39, 0.29) is 11.5 Å². The first-order valence-corrected chi connectivity index (χ1v) is 9.12. The van der Waals surface area contributed by atoms with Crippen LogP contribution in [0.15, 0.2) is 18.2 Å². The Bertz CT molecular complexity index is 599. The monoisotopic (exact) mass is 348 g/mol. The van der Waals surface area contributed by atoms with Crippen LogP contribution < -0.4 is 15.2 Å². The fourth-order valence-electron chi connectivity index (χ4n) is 3.76. The fraction of sp³-hybridized carbons (Fsp3) is 0.632. The minimum Gasteiger partial charge on any atom is -0.493 e. The molecular formula is C19H28N2O4. The number of carbonyl (C=O) groups excluding carboxylic acids is 1. The van der Waals surface area contributed by atoms with Gasteiger partial charge in [0.15, 0.2) is 11.5 Å². The topological polar surface area (TPSA) is 74.0 Å². The number of nitrogens with zero attached hydrogens (tertiary/aromatic N) is 1. The Kier molecular flexibility index (Phi) is 5.81. The minimum atomic E-state index is -0.145. The summed E-state index contributed by atoms with van der Waals surface area (Å²) in [6.45, 7) is 2.87. The number of nitrogens with two attached hydrogens (primary N) is 1. The number of ether oxygens (including phenoxy) is 3. The molecule has 0 aromatic heterocycles. The summed E-state index contributed by atoms with van der Waals surface area (Å²) < 4.78 is 17.3. The van der Waals surface area contributed by atoms with E-state index in [1.807, 2.05) is 17.0 Å². The number of para-hydroxylation sites is 1. The highest BCUT2D eigenvalue weighted by molar-refractivity contribution is 5.98. The summed E-state index contributed by atoms with van der Waals surface area (Å²) in [4.78, 5) is 15.1. The molecule has 0 radical (unpaired) electrons. The second kappa shape index (κ2) is 8.06. The van der Waals surface area contributed by atoms with Crippen molar-refractivity contribution in [2.24, 2.45) is 5.73 Å². The van der Waals surface area contributed by atoms with Crippen LogP contribution in [0.2, 0.25) is 0 Å². The van der Waals surface area contributed by atoms with E-state index in [0.717, 1.165) is 19.3 Å². The lowest BCUT2D eigenvalue weighted by molar-refractivity contribution is -0.0948. The van der Waals surface area contributed by atoms with Crippen molar-refractivity contribution in [2.45, 2.75) is 37.7 Å². The van der Waals surface area contributed by atoms with Crippen LogP contribution in [-0.4, -0.2) is 56.4 Å². The van der Waals surface area contributed by atoms with Gasteiger partial charge in [-0.1, -0.05) is 18.9 Å². The van der Waals surface area contributed by atoms with Crippen molar-refractivity contribution in [1.82, 2.24) is 4.90 Å². The van der Waals surface area contributed by atoms with Crippen LogP contribution >= 0.6 is 0 Å². The fourth-order valence-corrected chi connectivity index (χ4v) is 3.76. The lowest BCUT2D eigenvalue weighted by Gasteiger charge is -2.40. The maximum atomic E-state index is 13.2. The van der Waals surface area contributed by atoms with Crippen LogP contribution in [0.3, 0.4) is 0 Å². The van der Waals surface area contributed by atoms with Crippen LogP contribution in [0.5, 0.6) is 11.5 Å². The number of hydrogen-bond donors (Lipinski definition) is 1. The number of amides is 1. The van der Waals surface area contributed by atoms with Crippen LogP contribution in [-0.2, 0) is 4.74 Å². The van der Waals surface area contributed by atoms with Crippen LogP contribution in [0.25, 0.3) is 0 Å². The predicted molar refractivity (Wildman–Crippen MR) is 95.2 cm³/mol. The van der Waals surface area contributed by atoms with Gasteiger partial charge in [-0.2, -0.15) is 0 Å². The molecule has 1 aliphatic carbocycles. The summed E-state index contributed by atoms with van der Waals surface area (Å²) in [5.74, 6) is 1.07. The van der Waals surface area contributed by atoms with Gasteiger partial charge in [-0.15, -0.1) is 0 Å². The van der Waals surface area contributed by atoms with Crippen molar-refractivity contribution in [2.75, 3.05) is 40.0 Å². The predicted octanol–water partition coefficient (Wildman–Crippen LogP) is 2.21. The highest BCUT2D eigenvalue weighted by atomic mass is 16.5. The molecule has 138 valence electrons. The first-order valence-electron chi connectivity index (χ1n) is 9.12. The number of hydrogen-bond acceptors (Lipinski definition) is 5. The molecule has 1 saturated carbocycles. The average Bonchev–Trinajstić information content (AvgIpc) is 3.09. The van der Waals surface area contributed by atoms with E-state index in [9.17, 15) is 4.79 Å². The largest absolute Gasteiger partial charge is 0.493 e. The number of carbonyl (C=O) groups is 1. The van der Waals surface area contributed by atoms with E-state index >= 15 is 0 Å². The second-order valence-electron chi connectivity index (χ2n) is 6.79. The summed E-state index contributed by atoms with van der Waals surface area (Å²) in [6, 6.07) is 5.44. The lowest BCUT2D eigenvalue weighted by atomic mass is 9.99. The van der Waals surface area contributed by atoms with Gasteiger partial charge in [0.1, 0.15) is 0 Å². The Morgan fingerprint density at radius 3 is 2.88 bits per heavy atom. The van der Waals surface area contributed by atoms with Crippen LogP contribution in [0, 0.1) is 0 Å². The molecule has 0 bridgehead atoms. The van der Waals surface area contributed by atoms with E-state index in [0.29, 0.717) is 49.9 Å². The highest BCUT2D eigenvalue weighted by Gasteiger charge is 2.41. The standard InChI is InChI=1S/C19H28N2O4/c1-23-16-7-4-6-15(17(16)24-12-5-10-20)18(22)21-11-13-25-19(14-21)8-2-3-9-19/h4,6-7H,2-3,5,8-14,20H2,1H3. The highest BCUT2D eigenvalue weighted by Crippen LogP contribution is 2.37. The molecule has 1 aromatic rings. The van der Waals surface area contributed by atoms with Gasteiger partial charge in [0.05, 0.1) is 38.0 Å². The number of morpholine rings is 1. The zero-order chi connectivity index (χ0) is 17.7. The second-order valence-corrected chi connectivity index (χ2v) is 6.79. The molecule has 1 amide bonds. The third kappa shape index (κ3) is 3.90. The first-order chi connectivity index (χ1) is 12.2. The summed E-state index contributed by atoms with van der Waals surface area (Å²) in [5.41, 5.74) is 5.95. The Morgan fingerprint density at radius 2 is 2.16 bits per heavy atom. The third-order valence-corrected chi connectivity index (χ3v) is 5.07. The lowest BCUT2D eigenvalue weighted by Crippen LogP contribution is -2.52. The van der Waals surface area contributed by atoms with Crippen LogP contribution in [0.4, 0.5) is 0 Å². The zero-order valence-corrected chi connectivity index (χ0v) is 15.0. The summed E-state index contributed by atoms with van der Waals surface area (Å²) >= 11 is 0. The maximum absolute atomic E-state index is 13.2. The number of rotatable bonds is 6. The third-order valence-electron chi connectivity index (χ3n) is 5.07. The van der Waals surface area contributed by atoms with Crippen molar-refractivity contribution < 1.29 is 19.0 Å². The molecule has 6 heteroatoms. The molecule has 6 nitrogen and oxygen atoms in total. The van der Waals surface area contributed by atoms with E-state index in [1.165, 1.54) is 12.8 Å². The minimum absolute atomic E-state index is 0.0174. The number of benzene rings is 1. The quantitative estimate of drug-likeness (QED) is 0.798. The molecular weight excluding hydrogens is 320 g/mol. The Hall–Kier alpha value is -1.79. The average molecular weight is 348 g/mol. The first kappa shape index (κ1) is 18.0. The van der Waals surface area contributed by atoms with Gasteiger partial charge in [0, 0.05) is 6.54 Å². The summed E-state index contributed by atoms with van der Waals surface area (Å²) in [7, 11) is 1.58. The maximum Gasteiger partial charge on any atom is 0.257 e. The normalized spacial score (nSPS) is 19.2. The molecule has 0 unspecified atom stereocenters. The van der Waals surface area contributed by atoms with Gasteiger partial charge in [0.25, 0.3) is 5.91 Å². The molecule has 2 fully saturated rings. The Morgan fingerprint density at radius 1 is 1.36 bits per heavy atom. The van der Waals surface area contributed by atoms with Crippen LogP contribution in [0.1, 0.15) is 42.5 Å². The molecule has 2 aliphatic rings. The molecule has 3 rings (SSSR count). The molecule has 2 N–H and O–H groups in total. The molecule has 1 spiro atoms. The molecule has 1 aliphatic heterocycles. The van der Waals surface area contributed by atoms with E-state index in [1.54, 1.807) is 13.2 Å². The van der Waals surface area contributed by atoms with Crippen molar-refractivity contribution in [3.8, 4) is 11.5 Å². The SMILES string of the molecule is COc1cccc(C(=O)N2CCOC3(CCCC3)C2)c1OCCCN. The molecule has 25 heavy (non-hydrogen) atoms. The summed E-state index contributed by atoms with van der Waals surface area (Å²) in [6.07, 6.45) is 5.15. The Balaban J connectivity index is 1.80. The van der Waals surface area contributed by atoms with Gasteiger partial charge in [-0.3, -0.25) is 4.79 Å². The molecule has 1 aromatic carbocycles. The zero-order valence-electron chi connectivity index (χ0n) is 15.0. The van der Waals surface area contributed by atoms with E-state index < -0.39 is 0 Å². The van der Waals surface area contributed by atoms with E-state index in [2.05, 4.69) is 0 Å². The van der Waals surface area contributed by atoms with Crippen molar-refractivity contribution in [1.29, 1.82) is 0 Å². The molecule has 1 saturated heterocycles. The molecule has 1 heterocycles. The van der Waals surface area contributed by atoms with Gasteiger partial charge in [0.2, 0.25) is 0 Å². The summed E-state index contributed by atoms with van der Waals surface area (Å²) in [5, 5.41) is 0. The van der Waals surface area contributed by atoms with Crippen molar-refractivity contribution in [3.05, 3.63) is 23.8 Å². The number of methoxy groups -OCH3 is 1. The van der Waals surface area contributed by atoms with Crippen molar-refractivity contribution >= 4 is 5.91 Å². The van der Waals surface area contributed by atoms with Gasteiger partial charge < -0.3 is 24.8 Å². The van der Waals surface area contributed by atoms with Gasteiger partial charge in [-0.25, -0.2) is 0 Å². The van der Waals surface area contributed by atoms with Gasteiger partial charge >= 0.3 is 0 Å². The Labute approximate surface area is 149 Å². The molecule has 0 atom stereocenters. The van der Waals surface area contributed by atoms with Crippen molar-refractivity contribution in [3.63, 3.8) is 0 Å².